The van der Waals surface area contributed by atoms with E-state index in [-0.39, 0.29) is 12.1 Å². The van der Waals surface area contributed by atoms with Gasteiger partial charge in [0.15, 0.2) is 11.5 Å². The van der Waals surface area contributed by atoms with Crippen LogP contribution in [0, 0.1) is 6.92 Å². The van der Waals surface area contributed by atoms with E-state index in [2.05, 4.69) is 11.9 Å². The molecule has 2 aromatic heterocycles. The molecule has 0 radical (unpaired) electrons. The molecule has 1 N–H and O–H groups in total. The summed E-state index contributed by atoms with van der Waals surface area (Å²) in [5.74, 6) is 2.81. The van der Waals surface area contributed by atoms with E-state index in [9.17, 15) is 4.79 Å². The molecule has 3 rings (SSSR count). The molecule has 6 nitrogen and oxygen atoms in total. The second kappa shape index (κ2) is 8.54. The number of allylic oxidation sites excluding steroid dienone is 1. The topological polar surface area (TPSA) is 65.6 Å². The number of benzene rings is 1. The van der Waals surface area contributed by atoms with Crippen molar-refractivity contribution in [1.29, 1.82) is 0 Å². The van der Waals surface area contributed by atoms with Gasteiger partial charge in [-0.15, -0.1) is 0 Å². The number of methoxy groups -OCH3 is 2. The molecule has 148 valence electrons. The summed E-state index contributed by atoms with van der Waals surface area (Å²) in [7, 11) is 3.13. The lowest BCUT2D eigenvalue weighted by Gasteiger charge is -2.15. The molecule has 0 atom stereocenters. The average Bonchev–Trinajstić information content (AvgIpc) is 3.08. The third kappa shape index (κ3) is 4.24. The fraction of sp³-hybridized carbons (Fsp3) is 0.286. The number of ether oxygens (including phenoxy) is 2. The predicted molar refractivity (Wildman–Crippen MR) is 110 cm³/mol. The minimum Gasteiger partial charge on any atom is -0.493 e. The smallest absolute Gasteiger partial charge is 0.255 e. The Kier molecular flexibility index (Phi) is 6.11. The lowest BCUT2D eigenvalue weighted by Crippen LogP contribution is -2.27. The molecule has 0 unspecified atom stereocenters. The lowest BCUT2D eigenvalue weighted by atomic mass is 10.1. The quantitative estimate of drug-likeness (QED) is 0.617. The highest BCUT2D eigenvalue weighted by Gasteiger charge is 2.14. The highest BCUT2D eigenvalue weighted by molar-refractivity contribution is 6.29. The van der Waals surface area contributed by atoms with Crippen LogP contribution in [0.25, 0.3) is 10.9 Å². The number of fused-ring (bicyclic) bond motifs is 1. The second-order valence-corrected chi connectivity index (χ2v) is 6.99. The van der Waals surface area contributed by atoms with Gasteiger partial charge in [0.1, 0.15) is 11.5 Å². The van der Waals surface area contributed by atoms with Crippen molar-refractivity contribution in [2.24, 2.45) is 0 Å². The monoisotopic (exact) mass is 402 g/mol. The van der Waals surface area contributed by atoms with Crippen LogP contribution in [0.15, 0.2) is 51.2 Å². The fourth-order valence-corrected chi connectivity index (χ4v) is 3.24. The van der Waals surface area contributed by atoms with Gasteiger partial charge in [0.2, 0.25) is 0 Å². The van der Waals surface area contributed by atoms with Crippen LogP contribution in [0.3, 0.4) is 0 Å². The molecule has 1 aromatic carbocycles. The van der Waals surface area contributed by atoms with E-state index in [1.165, 1.54) is 0 Å². The molecule has 0 amide bonds. The Labute approximate surface area is 168 Å². The first kappa shape index (κ1) is 20.0. The van der Waals surface area contributed by atoms with Gasteiger partial charge in [0.05, 0.1) is 32.8 Å². The molecule has 0 spiro atoms. The van der Waals surface area contributed by atoms with E-state index in [0.29, 0.717) is 40.7 Å². The van der Waals surface area contributed by atoms with E-state index in [4.69, 9.17) is 25.5 Å². The van der Waals surface area contributed by atoms with E-state index in [1.807, 2.05) is 31.2 Å². The number of aryl methyl sites for hydroxylation is 1. The number of rotatable bonds is 8. The van der Waals surface area contributed by atoms with Gasteiger partial charge >= 0.3 is 0 Å². The largest absolute Gasteiger partial charge is 0.493 e. The molecular weight excluding hydrogens is 380 g/mol. The van der Waals surface area contributed by atoms with Crippen molar-refractivity contribution in [3.05, 3.63) is 69.4 Å². The summed E-state index contributed by atoms with van der Waals surface area (Å²) in [6.07, 6.45) is 0. The summed E-state index contributed by atoms with van der Waals surface area (Å²) >= 11 is 6.02. The van der Waals surface area contributed by atoms with Crippen LogP contribution in [-0.2, 0) is 19.6 Å². The summed E-state index contributed by atoms with van der Waals surface area (Å²) in [6.45, 7) is 6.74. The van der Waals surface area contributed by atoms with Crippen molar-refractivity contribution in [2.45, 2.75) is 26.6 Å². The first-order chi connectivity index (χ1) is 13.4. The molecular formula is C21H23ClN2O4. The Balaban J connectivity index is 2.00. The number of hydrogen-bond donors (Lipinski definition) is 1. The van der Waals surface area contributed by atoms with Crippen molar-refractivity contribution in [3.63, 3.8) is 0 Å². The van der Waals surface area contributed by atoms with Crippen LogP contribution >= 0.6 is 11.6 Å². The molecule has 0 bridgehead atoms. The van der Waals surface area contributed by atoms with Gasteiger partial charge < -0.3 is 23.8 Å². The van der Waals surface area contributed by atoms with Gasteiger partial charge in [-0.05, 0) is 31.2 Å². The molecule has 0 saturated carbocycles. The summed E-state index contributed by atoms with van der Waals surface area (Å²) in [5.41, 5.74) is 1.18. The zero-order chi connectivity index (χ0) is 20.3. The van der Waals surface area contributed by atoms with Crippen LogP contribution in [0.5, 0.6) is 11.5 Å². The average molecular weight is 403 g/mol. The normalized spacial score (nSPS) is 11.0. The number of aromatic nitrogens is 1. The van der Waals surface area contributed by atoms with Crippen LogP contribution in [0.4, 0.5) is 0 Å². The molecule has 28 heavy (non-hydrogen) atoms. The maximum Gasteiger partial charge on any atom is 0.255 e. The summed E-state index contributed by atoms with van der Waals surface area (Å²) < 4.78 is 17.9. The van der Waals surface area contributed by atoms with Crippen molar-refractivity contribution < 1.29 is 13.9 Å². The van der Waals surface area contributed by atoms with Crippen molar-refractivity contribution in [2.75, 3.05) is 14.2 Å². The van der Waals surface area contributed by atoms with Crippen molar-refractivity contribution in [3.8, 4) is 11.5 Å². The molecule has 3 aromatic rings. The molecule has 0 fully saturated rings. The Hall–Kier alpha value is -2.70. The van der Waals surface area contributed by atoms with Gasteiger partial charge in [-0.1, -0.05) is 18.2 Å². The molecule has 7 heteroatoms. The van der Waals surface area contributed by atoms with E-state index < -0.39 is 0 Å². The van der Waals surface area contributed by atoms with Crippen LogP contribution in [0.2, 0.25) is 0 Å². The Morgan fingerprint density at radius 1 is 1.18 bits per heavy atom. The van der Waals surface area contributed by atoms with Gasteiger partial charge in [0, 0.05) is 28.6 Å². The highest BCUT2D eigenvalue weighted by atomic mass is 35.5. The van der Waals surface area contributed by atoms with Gasteiger partial charge in [0.25, 0.3) is 5.56 Å². The minimum absolute atomic E-state index is 0.135. The Morgan fingerprint density at radius 3 is 2.50 bits per heavy atom. The molecule has 2 heterocycles. The van der Waals surface area contributed by atoms with Crippen LogP contribution in [-0.4, -0.2) is 18.8 Å². The lowest BCUT2D eigenvalue weighted by molar-refractivity contribution is 0.355. The third-order valence-electron chi connectivity index (χ3n) is 4.41. The SMILES string of the molecule is C=C(Cl)Cn1c(=O)c(CNCc2ccc(C)o2)cc2cc(OC)c(OC)cc21. The highest BCUT2D eigenvalue weighted by Crippen LogP contribution is 2.32. The van der Waals surface area contributed by atoms with Crippen molar-refractivity contribution >= 4 is 22.5 Å². The first-order valence-corrected chi connectivity index (χ1v) is 9.18. The minimum atomic E-state index is -0.135. The van der Waals surface area contributed by atoms with Gasteiger partial charge in [-0.3, -0.25) is 4.79 Å². The summed E-state index contributed by atoms with van der Waals surface area (Å²) in [4.78, 5) is 13.0. The molecule has 0 aliphatic carbocycles. The number of nitrogens with one attached hydrogen (secondary N) is 1. The molecule has 0 aliphatic rings. The maximum absolute atomic E-state index is 13.0. The molecule has 0 saturated heterocycles. The number of nitrogens with zero attached hydrogens (tertiary/aromatic N) is 1. The summed E-state index contributed by atoms with van der Waals surface area (Å²) in [5, 5.41) is 4.47. The van der Waals surface area contributed by atoms with Gasteiger partial charge in [-0.2, -0.15) is 0 Å². The fourth-order valence-electron chi connectivity index (χ4n) is 3.12. The zero-order valence-corrected chi connectivity index (χ0v) is 16.9. The zero-order valence-electron chi connectivity index (χ0n) is 16.2. The van der Waals surface area contributed by atoms with Crippen LogP contribution in [0.1, 0.15) is 17.1 Å². The number of hydrogen-bond acceptors (Lipinski definition) is 5. The van der Waals surface area contributed by atoms with Crippen molar-refractivity contribution in [1.82, 2.24) is 9.88 Å². The number of furan rings is 1. The van der Waals surface area contributed by atoms with E-state index >= 15 is 0 Å². The maximum atomic E-state index is 13.0. The summed E-state index contributed by atoms with van der Waals surface area (Å²) in [6, 6.07) is 9.30. The van der Waals surface area contributed by atoms with Crippen LogP contribution < -0.4 is 20.3 Å². The second-order valence-electron chi connectivity index (χ2n) is 6.46. The van der Waals surface area contributed by atoms with Gasteiger partial charge in [-0.25, -0.2) is 0 Å². The van der Waals surface area contributed by atoms with E-state index in [0.717, 1.165) is 16.9 Å². The number of halogens is 1. The Morgan fingerprint density at radius 2 is 1.89 bits per heavy atom. The Bertz CT molecular complexity index is 1070. The number of pyridine rings is 1. The predicted octanol–water partition coefficient (Wildman–Crippen LogP) is 3.96. The first-order valence-electron chi connectivity index (χ1n) is 8.80. The molecule has 0 aliphatic heterocycles. The van der Waals surface area contributed by atoms with E-state index in [1.54, 1.807) is 24.9 Å². The standard InChI is InChI=1S/C21H23ClN2O4/c1-13(22)12-24-18-9-20(27-4)19(26-3)8-15(18)7-16(21(24)25)10-23-11-17-6-5-14(2)28-17/h5-9,23H,1,10-12H2,2-4H3. The third-order valence-corrected chi connectivity index (χ3v) is 4.53.